The molecule has 1 aromatic heterocycles. The maximum absolute atomic E-state index is 12.9. The van der Waals surface area contributed by atoms with Gasteiger partial charge in [0, 0.05) is 4.91 Å². The van der Waals surface area contributed by atoms with Crippen molar-refractivity contribution in [2.24, 2.45) is 0 Å². The molecule has 0 aliphatic rings. The Morgan fingerprint density at radius 3 is 2.95 bits per heavy atom. The summed E-state index contributed by atoms with van der Waals surface area (Å²) in [5.74, 6) is -0.894. The van der Waals surface area contributed by atoms with Gasteiger partial charge in [0.1, 0.15) is 6.61 Å². The van der Waals surface area contributed by atoms with E-state index in [1.165, 1.54) is 11.8 Å². The largest absolute Gasteiger partial charge is 0.458 e. The number of anilines is 1. The van der Waals surface area contributed by atoms with Crippen LogP contribution in [-0.2, 0) is 0 Å². The van der Waals surface area contributed by atoms with Crippen molar-refractivity contribution < 1.29 is 9.13 Å². The van der Waals surface area contributed by atoms with E-state index in [0.29, 0.717) is 4.36 Å². The predicted octanol–water partition coefficient (Wildman–Crippen LogP) is 4.09. The number of hydrogen-bond donors (Lipinski definition) is 1. The minimum atomic E-state index is -0.663. The van der Waals surface area contributed by atoms with Gasteiger partial charge in [-0.15, -0.1) is 0 Å². The van der Waals surface area contributed by atoms with Gasteiger partial charge in [0.05, 0.1) is 10.6 Å². The third-order valence-electron chi connectivity index (χ3n) is 2.24. The standard InChI is InChI=1S/C13H17ClFN3OS/c1-3-5-6-11(14)20-9(4-2)8-19-13-17-7-10(15)12(16)18-13/h4,6-7H,3,5,8H2,1-2H3,(H2,16,17,18)/b9-4-,11-6-. The highest BCUT2D eigenvalue weighted by atomic mass is 35.5. The first-order chi connectivity index (χ1) is 9.56. The van der Waals surface area contributed by atoms with Crippen LogP contribution in [0.2, 0.25) is 0 Å². The van der Waals surface area contributed by atoms with E-state index < -0.39 is 5.82 Å². The summed E-state index contributed by atoms with van der Waals surface area (Å²) < 4.78 is 19.0. The molecule has 7 heteroatoms. The lowest BCUT2D eigenvalue weighted by molar-refractivity contribution is 0.329. The Kier molecular flexibility index (Phi) is 7.40. The molecule has 110 valence electrons. The monoisotopic (exact) mass is 317 g/mol. The molecular weight excluding hydrogens is 301 g/mol. The van der Waals surface area contributed by atoms with E-state index in [-0.39, 0.29) is 18.4 Å². The molecule has 0 saturated heterocycles. The minimum absolute atomic E-state index is 0.0394. The van der Waals surface area contributed by atoms with Crippen LogP contribution in [-0.4, -0.2) is 16.6 Å². The molecule has 0 aliphatic carbocycles. The minimum Gasteiger partial charge on any atom is -0.458 e. The van der Waals surface area contributed by atoms with Crippen LogP contribution >= 0.6 is 23.4 Å². The lowest BCUT2D eigenvalue weighted by Crippen LogP contribution is -2.05. The van der Waals surface area contributed by atoms with Crippen LogP contribution in [0.25, 0.3) is 0 Å². The third-order valence-corrected chi connectivity index (χ3v) is 3.60. The average molecular weight is 318 g/mol. The zero-order valence-electron chi connectivity index (χ0n) is 11.4. The molecule has 4 nitrogen and oxygen atoms in total. The molecule has 0 aliphatic heterocycles. The zero-order valence-corrected chi connectivity index (χ0v) is 13.0. The lowest BCUT2D eigenvalue weighted by atomic mass is 10.3. The van der Waals surface area contributed by atoms with Crippen LogP contribution in [0.5, 0.6) is 6.01 Å². The zero-order chi connectivity index (χ0) is 15.0. The van der Waals surface area contributed by atoms with Gasteiger partial charge in [-0.25, -0.2) is 9.37 Å². The van der Waals surface area contributed by atoms with E-state index in [1.807, 2.05) is 19.1 Å². The second kappa shape index (κ2) is 8.81. The maximum atomic E-state index is 12.9. The first-order valence-electron chi connectivity index (χ1n) is 6.16. The van der Waals surface area contributed by atoms with Crippen molar-refractivity contribution in [1.82, 2.24) is 9.97 Å². The van der Waals surface area contributed by atoms with E-state index in [0.717, 1.165) is 23.9 Å². The lowest BCUT2D eigenvalue weighted by Gasteiger charge is -2.08. The van der Waals surface area contributed by atoms with Crippen molar-refractivity contribution in [1.29, 1.82) is 0 Å². The normalized spacial score (nSPS) is 12.6. The second-order valence-electron chi connectivity index (χ2n) is 3.83. The molecule has 0 bridgehead atoms. The van der Waals surface area contributed by atoms with E-state index in [4.69, 9.17) is 22.1 Å². The van der Waals surface area contributed by atoms with Gasteiger partial charge in [-0.1, -0.05) is 48.9 Å². The Balaban J connectivity index is 2.55. The average Bonchev–Trinajstić information content (AvgIpc) is 2.44. The van der Waals surface area contributed by atoms with Gasteiger partial charge >= 0.3 is 6.01 Å². The summed E-state index contributed by atoms with van der Waals surface area (Å²) >= 11 is 7.50. The quantitative estimate of drug-likeness (QED) is 0.820. The van der Waals surface area contributed by atoms with Crippen molar-refractivity contribution in [3.63, 3.8) is 0 Å². The first kappa shape index (κ1) is 16.8. The smallest absolute Gasteiger partial charge is 0.318 e. The number of rotatable bonds is 7. The van der Waals surface area contributed by atoms with Crippen LogP contribution < -0.4 is 10.5 Å². The highest BCUT2D eigenvalue weighted by Crippen LogP contribution is 2.29. The number of halogens is 2. The molecule has 0 fully saturated rings. The van der Waals surface area contributed by atoms with Crippen LogP contribution in [0.15, 0.2) is 27.6 Å². The third kappa shape index (κ3) is 5.79. The molecule has 1 aromatic rings. The second-order valence-corrected chi connectivity index (χ2v) is 5.63. The Bertz CT molecular complexity index is 508. The molecule has 0 unspecified atom stereocenters. The topological polar surface area (TPSA) is 61.0 Å². The van der Waals surface area contributed by atoms with Gasteiger partial charge in [0.2, 0.25) is 0 Å². The fourth-order valence-corrected chi connectivity index (χ4v) is 2.26. The van der Waals surface area contributed by atoms with E-state index in [1.54, 1.807) is 0 Å². The number of nitrogen functional groups attached to an aromatic ring is 1. The molecule has 1 rings (SSSR count). The van der Waals surface area contributed by atoms with Gasteiger partial charge in [0.15, 0.2) is 11.6 Å². The Morgan fingerprint density at radius 2 is 2.35 bits per heavy atom. The summed E-state index contributed by atoms with van der Waals surface area (Å²) in [5.41, 5.74) is 5.34. The number of thioether (sulfide) groups is 1. The molecule has 0 amide bonds. The number of nitrogens with zero attached hydrogens (tertiary/aromatic N) is 2. The highest BCUT2D eigenvalue weighted by molar-refractivity contribution is 8.08. The van der Waals surface area contributed by atoms with Crippen molar-refractivity contribution >= 4 is 29.2 Å². The van der Waals surface area contributed by atoms with Crippen molar-refractivity contribution in [2.75, 3.05) is 12.3 Å². The van der Waals surface area contributed by atoms with Crippen LogP contribution in [0.3, 0.4) is 0 Å². The summed E-state index contributed by atoms with van der Waals surface area (Å²) in [6, 6.07) is 0.0394. The molecule has 20 heavy (non-hydrogen) atoms. The van der Waals surface area contributed by atoms with Gasteiger partial charge in [-0.3, -0.25) is 0 Å². The summed E-state index contributed by atoms with van der Waals surface area (Å²) in [6.45, 7) is 4.22. The van der Waals surface area contributed by atoms with Crippen LogP contribution in [0, 0.1) is 5.82 Å². The fourth-order valence-electron chi connectivity index (χ4n) is 1.17. The maximum Gasteiger partial charge on any atom is 0.318 e. The Morgan fingerprint density at radius 1 is 1.60 bits per heavy atom. The van der Waals surface area contributed by atoms with E-state index in [9.17, 15) is 4.39 Å². The predicted molar refractivity (Wildman–Crippen MR) is 82.1 cm³/mol. The molecule has 0 atom stereocenters. The highest BCUT2D eigenvalue weighted by Gasteiger charge is 2.06. The number of unbranched alkanes of at least 4 members (excludes halogenated alkanes) is 1. The summed E-state index contributed by atoms with van der Waals surface area (Å²) in [5, 5.41) is 0. The van der Waals surface area contributed by atoms with Gasteiger partial charge in [-0.05, 0) is 13.3 Å². The molecule has 0 aromatic carbocycles. The summed E-state index contributed by atoms with van der Waals surface area (Å²) in [4.78, 5) is 8.31. The Hall–Kier alpha value is -1.27. The molecule has 1 heterocycles. The van der Waals surface area contributed by atoms with E-state index in [2.05, 4.69) is 16.9 Å². The Labute approximate surface area is 127 Å². The fraction of sp³-hybridized carbons (Fsp3) is 0.385. The molecule has 0 saturated carbocycles. The summed E-state index contributed by atoms with van der Waals surface area (Å²) in [7, 11) is 0. The number of nitrogens with two attached hydrogens (primary N) is 1. The number of hydrogen-bond acceptors (Lipinski definition) is 5. The molecule has 2 N–H and O–H groups in total. The number of allylic oxidation sites excluding steroid dienone is 2. The molecule has 0 radical (unpaired) electrons. The summed E-state index contributed by atoms with van der Waals surface area (Å²) in [6.07, 6.45) is 6.80. The number of aromatic nitrogens is 2. The van der Waals surface area contributed by atoms with Crippen LogP contribution in [0.1, 0.15) is 26.7 Å². The van der Waals surface area contributed by atoms with Crippen molar-refractivity contribution in [3.05, 3.63) is 33.4 Å². The number of ether oxygens (including phenoxy) is 1. The van der Waals surface area contributed by atoms with Crippen molar-refractivity contribution in [2.45, 2.75) is 26.7 Å². The first-order valence-corrected chi connectivity index (χ1v) is 7.35. The van der Waals surface area contributed by atoms with Gasteiger partial charge in [-0.2, -0.15) is 4.98 Å². The van der Waals surface area contributed by atoms with Gasteiger partial charge < -0.3 is 10.5 Å². The van der Waals surface area contributed by atoms with Crippen molar-refractivity contribution in [3.8, 4) is 6.01 Å². The molecule has 0 spiro atoms. The van der Waals surface area contributed by atoms with Gasteiger partial charge in [0.25, 0.3) is 0 Å². The SMILES string of the molecule is C/C=C(/COc1ncc(F)c(N)n1)S/C(Cl)=C\CCC. The van der Waals surface area contributed by atoms with E-state index >= 15 is 0 Å². The molecular formula is C13H17ClFN3OS. The van der Waals surface area contributed by atoms with Crippen LogP contribution in [0.4, 0.5) is 10.2 Å².